The van der Waals surface area contributed by atoms with Gasteiger partial charge in [0.15, 0.2) is 4.77 Å². The van der Waals surface area contributed by atoms with E-state index in [9.17, 15) is 0 Å². The minimum atomic E-state index is 0.242. The number of nitrogens with one attached hydrogen (secondary N) is 1. The summed E-state index contributed by atoms with van der Waals surface area (Å²) in [5.41, 5.74) is 0. The zero-order chi connectivity index (χ0) is 12.6. The van der Waals surface area contributed by atoms with E-state index >= 15 is 0 Å². The van der Waals surface area contributed by atoms with Crippen LogP contribution in [0.3, 0.4) is 0 Å². The van der Waals surface area contributed by atoms with Crippen molar-refractivity contribution in [1.29, 1.82) is 0 Å². The van der Waals surface area contributed by atoms with Gasteiger partial charge in [0.25, 0.3) is 0 Å². The molecular weight excluding hydrogens is 236 g/mol. The summed E-state index contributed by atoms with van der Waals surface area (Å²) in [6, 6.07) is 0.675. The second kappa shape index (κ2) is 4.78. The number of hydrogen-bond donors (Lipinski definition) is 1. The van der Waals surface area contributed by atoms with Crippen LogP contribution in [0.25, 0.3) is 0 Å². The third-order valence-electron chi connectivity index (χ3n) is 3.35. The van der Waals surface area contributed by atoms with Crippen LogP contribution in [-0.2, 0) is 4.74 Å². The van der Waals surface area contributed by atoms with E-state index in [2.05, 4.69) is 42.9 Å². The molecule has 0 saturated carbocycles. The summed E-state index contributed by atoms with van der Waals surface area (Å²) in [6.07, 6.45) is 1.28. The number of anilines is 1. The van der Waals surface area contributed by atoms with Gasteiger partial charge in [-0.1, -0.05) is 0 Å². The molecule has 1 aliphatic rings. The van der Waals surface area contributed by atoms with Gasteiger partial charge in [-0.25, -0.2) is 5.10 Å². The number of likely N-dealkylation sites (N-methyl/N-ethyl adjacent to an activating group) is 1. The first-order valence-electron chi connectivity index (χ1n) is 6.03. The topological polar surface area (TPSA) is 46.1 Å². The highest BCUT2D eigenvalue weighted by molar-refractivity contribution is 7.71. The molecule has 0 spiro atoms. The van der Waals surface area contributed by atoms with Gasteiger partial charge in [0.1, 0.15) is 0 Å². The Labute approximate surface area is 107 Å². The first kappa shape index (κ1) is 12.6. The maximum Gasteiger partial charge on any atom is 0.226 e. The third kappa shape index (κ3) is 2.24. The van der Waals surface area contributed by atoms with E-state index in [0.29, 0.717) is 16.9 Å². The van der Waals surface area contributed by atoms with E-state index in [-0.39, 0.29) is 6.10 Å². The molecule has 1 aromatic heterocycles. The molecule has 1 saturated heterocycles. The molecule has 17 heavy (non-hydrogen) atoms. The fourth-order valence-corrected chi connectivity index (χ4v) is 2.73. The molecule has 5 nitrogen and oxygen atoms in total. The highest BCUT2D eigenvalue weighted by Gasteiger charge is 2.30. The highest BCUT2D eigenvalue weighted by atomic mass is 32.1. The summed E-state index contributed by atoms with van der Waals surface area (Å²) >= 11 is 5.26. The van der Waals surface area contributed by atoms with Crippen LogP contribution in [0, 0.1) is 4.77 Å². The Bertz CT molecular complexity index is 439. The number of ether oxygens (including phenoxy) is 1. The van der Waals surface area contributed by atoms with Gasteiger partial charge in [-0.15, -0.1) is 5.10 Å². The van der Waals surface area contributed by atoms with Crippen LogP contribution in [0.1, 0.15) is 33.2 Å². The number of rotatable bonds is 3. The summed E-state index contributed by atoms with van der Waals surface area (Å²) in [4.78, 5) is 2.17. The molecule has 1 aliphatic heterocycles. The Morgan fingerprint density at radius 3 is 2.82 bits per heavy atom. The number of aromatic nitrogens is 3. The van der Waals surface area contributed by atoms with Gasteiger partial charge in [0.05, 0.1) is 12.1 Å². The van der Waals surface area contributed by atoms with Gasteiger partial charge in [-0.3, -0.25) is 4.57 Å². The van der Waals surface area contributed by atoms with E-state index in [1.54, 1.807) is 0 Å². The molecule has 0 amide bonds. The second-order valence-electron chi connectivity index (χ2n) is 4.84. The summed E-state index contributed by atoms with van der Waals surface area (Å²) < 4.78 is 8.32. The van der Waals surface area contributed by atoms with E-state index < -0.39 is 0 Å². The van der Waals surface area contributed by atoms with Crippen molar-refractivity contribution in [3.63, 3.8) is 0 Å². The van der Waals surface area contributed by atoms with Gasteiger partial charge in [-0.05, 0) is 39.4 Å². The molecule has 0 radical (unpaired) electrons. The lowest BCUT2D eigenvalue weighted by Crippen LogP contribution is -2.38. The molecule has 96 valence electrons. The summed E-state index contributed by atoms with van der Waals surface area (Å²) in [5, 5.41) is 7.20. The monoisotopic (exact) mass is 256 g/mol. The molecule has 0 aliphatic carbocycles. The Balaban J connectivity index is 2.30. The van der Waals surface area contributed by atoms with Crippen molar-refractivity contribution in [2.75, 3.05) is 18.6 Å². The zero-order valence-electron chi connectivity index (χ0n) is 10.8. The number of aromatic amines is 1. The van der Waals surface area contributed by atoms with Gasteiger partial charge >= 0.3 is 0 Å². The smallest absolute Gasteiger partial charge is 0.226 e. The van der Waals surface area contributed by atoms with Crippen LogP contribution in [0.5, 0.6) is 0 Å². The standard InChI is InChI=1S/C11H20N4OS/c1-7(2)15-10(12-13-11(15)17)14(4)9-5-6-16-8(9)3/h7-9H,5-6H2,1-4H3,(H,13,17). The fourth-order valence-electron chi connectivity index (χ4n) is 2.39. The molecular formula is C11H20N4OS. The highest BCUT2D eigenvalue weighted by Crippen LogP contribution is 2.24. The van der Waals surface area contributed by atoms with Crippen molar-refractivity contribution in [1.82, 2.24) is 14.8 Å². The van der Waals surface area contributed by atoms with E-state index in [1.807, 2.05) is 4.57 Å². The Morgan fingerprint density at radius 2 is 2.29 bits per heavy atom. The van der Waals surface area contributed by atoms with E-state index in [1.165, 1.54) is 0 Å². The maximum absolute atomic E-state index is 5.60. The number of H-pyrrole nitrogens is 1. The lowest BCUT2D eigenvalue weighted by Gasteiger charge is -2.28. The van der Waals surface area contributed by atoms with Crippen LogP contribution < -0.4 is 4.90 Å². The Hall–Kier alpha value is -0.880. The zero-order valence-corrected chi connectivity index (χ0v) is 11.6. The predicted octanol–water partition coefficient (Wildman–Crippen LogP) is 2.14. The first-order valence-corrected chi connectivity index (χ1v) is 6.44. The van der Waals surface area contributed by atoms with Crippen molar-refractivity contribution < 1.29 is 4.74 Å². The average molecular weight is 256 g/mol. The van der Waals surface area contributed by atoms with Gasteiger partial charge in [0.2, 0.25) is 5.95 Å². The van der Waals surface area contributed by atoms with Crippen LogP contribution in [0.15, 0.2) is 0 Å². The van der Waals surface area contributed by atoms with Crippen molar-refractivity contribution in [2.24, 2.45) is 0 Å². The minimum absolute atomic E-state index is 0.242. The largest absolute Gasteiger partial charge is 0.376 e. The maximum atomic E-state index is 5.60. The molecule has 2 atom stereocenters. The van der Waals surface area contributed by atoms with Gasteiger partial charge in [-0.2, -0.15) is 0 Å². The SMILES string of the molecule is CC1OCCC1N(C)c1n[nH]c(=S)n1C(C)C. The third-order valence-corrected chi connectivity index (χ3v) is 3.64. The minimum Gasteiger partial charge on any atom is -0.376 e. The first-order chi connectivity index (χ1) is 8.02. The van der Waals surface area contributed by atoms with Gasteiger partial charge < -0.3 is 9.64 Å². The van der Waals surface area contributed by atoms with Crippen molar-refractivity contribution in [3.8, 4) is 0 Å². The normalized spacial score (nSPS) is 24.5. The van der Waals surface area contributed by atoms with Crippen molar-refractivity contribution in [2.45, 2.75) is 45.4 Å². The number of hydrogen-bond acceptors (Lipinski definition) is 4. The van der Waals surface area contributed by atoms with Crippen LogP contribution in [-0.4, -0.2) is 40.6 Å². The molecule has 6 heteroatoms. The molecule has 1 N–H and O–H groups in total. The molecule has 0 aromatic carbocycles. The fraction of sp³-hybridized carbons (Fsp3) is 0.818. The van der Waals surface area contributed by atoms with Crippen molar-refractivity contribution in [3.05, 3.63) is 4.77 Å². The molecule has 1 aromatic rings. The summed E-state index contributed by atoms with van der Waals surface area (Å²) in [7, 11) is 2.06. The average Bonchev–Trinajstić information content (AvgIpc) is 2.83. The molecule has 0 bridgehead atoms. The van der Waals surface area contributed by atoms with E-state index in [4.69, 9.17) is 17.0 Å². The Morgan fingerprint density at radius 1 is 1.59 bits per heavy atom. The molecule has 2 rings (SSSR count). The lowest BCUT2D eigenvalue weighted by molar-refractivity contribution is 0.118. The van der Waals surface area contributed by atoms with E-state index in [0.717, 1.165) is 19.0 Å². The summed E-state index contributed by atoms with van der Waals surface area (Å²) in [5.74, 6) is 0.896. The summed E-state index contributed by atoms with van der Waals surface area (Å²) in [6.45, 7) is 7.15. The van der Waals surface area contributed by atoms with Crippen LogP contribution >= 0.6 is 12.2 Å². The quantitative estimate of drug-likeness (QED) is 0.842. The molecule has 2 unspecified atom stereocenters. The molecule has 2 heterocycles. The van der Waals surface area contributed by atoms with Crippen molar-refractivity contribution >= 4 is 18.2 Å². The Kier molecular flexibility index (Phi) is 3.53. The predicted molar refractivity (Wildman–Crippen MR) is 70.0 cm³/mol. The van der Waals surface area contributed by atoms with Gasteiger partial charge in [0, 0.05) is 19.7 Å². The second-order valence-corrected chi connectivity index (χ2v) is 5.22. The van der Waals surface area contributed by atoms with Crippen LogP contribution in [0.4, 0.5) is 5.95 Å². The van der Waals surface area contributed by atoms with Crippen LogP contribution in [0.2, 0.25) is 0 Å². The lowest BCUT2D eigenvalue weighted by atomic mass is 10.1. The molecule has 1 fully saturated rings. The number of nitrogens with zero attached hydrogens (tertiary/aromatic N) is 3.